The summed E-state index contributed by atoms with van der Waals surface area (Å²) in [5.74, 6) is 0.520. The van der Waals surface area contributed by atoms with Crippen LogP contribution < -0.4 is 10.6 Å². The van der Waals surface area contributed by atoms with Gasteiger partial charge in [-0.2, -0.15) is 0 Å². The molecular weight excluding hydrogens is 200 g/mol. The maximum atomic E-state index is 11.7. The molecule has 3 heteroatoms. The maximum absolute atomic E-state index is 11.7. The lowest BCUT2D eigenvalue weighted by Gasteiger charge is -2.18. The number of ketones is 1. The molecular formula is C13H16N2O. The number of carbonyl (C=O) groups excluding carboxylic acids is 1. The summed E-state index contributed by atoms with van der Waals surface area (Å²) < 4.78 is 0. The van der Waals surface area contributed by atoms with Gasteiger partial charge in [-0.05, 0) is 11.6 Å². The van der Waals surface area contributed by atoms with Crippen molar-refractivity contribution in [1.82, 2.24) is 10.6 Å². The Labute approximate surface area is 95.9 Å². The fourth-order valence-corrected chi connectivity index (χ4v) is 1.33. The van der Waals surface area contributed by atoms with Gasteiger partial charge in [0.15, 0.2) is 5.78 Å². The Bertz CT molecular complexity index is 384. The molecule has 1 rings (SSSR count). The Hall–Kier alpha value is -2.03. The van der Waals surface area contributed by atoms with Crippen molar-refractivity contribution in [3.8, 4) is 0 Å². The van der Waals surface area contributed by atoms with E-state index in [1.54, 1.807) is 7.05 Å². The molecule has 0 amide bonds. The first kappa shape index (κ1) is 12.0. The minimum atomic E-state index is -0.432. The first-order valence-electron chi connectivity index (χ1n) is 5.03. The Morgan fingerprint density at radius 2 is 2.00 bits per heavy atom. The molecule has 0 heterocycles. The van der Waals surface area contributed by atoms with Gasteiger partial charge in [-0.15, -0.1) is 0 Å². The Morgan fingerprint density at radius 3 is 2.50 bits per heavy atom. The van der Waals surface area contributed by atoms with Crippen LogP contribution in [-0.2, 0) is 4.79 Å². The molecule has 0 aliphatic carbocycles. The summed E-state index contributed by atoms with van der Waals surface area (Å²) >= 11 is 0. The van der Waals surface area contributed by atoms with Crippen molar-refractivity contribution in [1.29, 1.82) is 0 Å². The predicted molar refractivity (Wildman–Crippen MR) is 65.7 cm³/mol. The highest BCUT2D eigenvalue weighted by atomic mass is 16.1. The van der Waals surface area contributed by atoms with Crippen LogP contribution >= 0.6 is 0 Å². The third-order valence-electron chi connectivity index (χ3n) is 2.24. The summed E-state index contributed by atoms with van der Waals surface area (Å²) in [5.41, 5.74) is 0.892. The molecule has 3 nitrogen and oxygen atoms in total. The SMILES string of the molecule is C=CC(=O)[C@H](NC(=C)NC)c1ccccc1. The minimum Gasteiger partial charge on any atom is -0.375 e. The van der Waals surface area contributed by atoms with Crippen molar-refractivity contribution in [2.45, 2.75) is 6.04 Å². The van der Waals surface area contributed by atoms with E-state index in [9.17, 15) is 4.79 Å². The van der Waals surface area contributed by atoms with Gasteiger partial charge in [0.25, 0.3) is 0 Å². The lowest BCUT2D eigenvalue weighted by Crippen LogP contribution is -2.31. The molecule has 0 aromatic heterocycles. The van der Waals surface area contributed by atoms with Crippen molar-refractivity contribution in [3.05, 3.63) is 61.0 Å². The highest BCUT2D eigenvalue weighted by molar-refractivity contribution is 5.94. The molecule has 0 saturated heterocycles. The number of hydrogen-bond acceptors (Lipinski definition) is 3. The van der Waals surface area contributed by atoms with Crippen LogP contribution in [-0.4, -0.2) is 12.8 Å². The summed E-state index contributed by atoms with van der Waals surface area (Å²) in [6.45, 7) is 7.25. The van der Waals surface area contributed by atoms with Crippen molar-refractivity contribution >= 4 is 5.78 Å². The highest BCUT2D eigenvalue weighted by Gasteiger charge is 2.17. The van der Waals surface area contributed by atoms with Crippen LogP contribution in [0.2, 0.25) is 0 Å². The second kappa shape index (κ2) is 5.75. The van der Waals surface area contributed by atoms with Gasteiger partial charge >= 0.3 is 0 Å². The van der Waals surface area contributed by atoms with Gasteiger partial charge in [0, 0.05) is 7.05 Å². The fourth-order valence-electron chi connectivity index (χ4n) is 1.33. The number of hydrogen-bond donors (Lipinski definition) is 2. The lowest BCUT2D eigenvalue weighted by atomic mass is 10.0. The van der Waals surface area contributed by atoms with Crippen LogP contribution in [0, 0.1) is 0 Å². The quantitative estimate of drug-likeness (QED) is 0.712. The highest BCUT2D eigenvalue weighted by Crippen LogP contribution is 2.14. The van der Waals surface area contributed by atoms with Gasteiger partial charge in [-0.25, -0.2) is 0 Å². The molecule has 0 bridgehead atoms. The minimum absolute atomic E-state index is 0.0809. The molecule has 1 aromatic rings. The van der Waals surface area contributed by atoms with Gasteiger partial charge in [-0.1, -0.05) is 43.5 Å². The number of benzene rings is 1. The standard InChI is InChI=1S/C13H16N2O/c1-4-12(16)13(15-10(2)14-3)11-8-6-5-7-9-11/h4-9,13-15H,1-2H2,3H3/t13-/m1/s1. The van der Waals surface area contributed by atoms with E-state index in [0.717, 1.165) is 5.56 Å². The van der Waals surface area contributed by atoms with Gasteiger partial charge < -0.3 is 10.6 Å². The zero-order valence-electron chi connectivity index (χ0n) is 9.36. The van der Waals surface area contributed by atoms with Crippen molar-refractivity contribution < 1.29 is 4.79 Å². The van der Waals surface area contributed by atoms with E-state index in [-0.39, 0.29) is 5.78 Å². The lowest BCUT2D eigenvalue weighted by molar-refractivity contribution is -0.116. The van der Waals surface area contributed by atoms with Crippen LogP contribution in [0.3, 0.4) is 0 Å². The molecule has 2 N–H and O–H groups in total. The smallest absolute Gasteiger partial charge is 0.181 e. The third kappa shape index (κ3) is 2.98. The van der Waals surface area contributed by atoms with Gasteiger partial charge in [0.1, 0.15) is 6.04 Å². The van der Waals surface area contributed by atoms with Gasteiger partial charge in [0.05, 0.1) is 5.82 Å². The van der Waals surface area contributed by atoms with Crippen LogP contribution in [0.15, 0.2) is 55.4 Å². The van der Waals surface area contributed by atoms with Crippen molar-refractivity contribution in [3.63, 3.8) is 0 Å². The molecule has 0 saturated carbocycles. The zero-order chi connectivity index (χ0) is 12.0. The second-order valence-electron chi connectivity index (χ2n) is 3.32. The topological polar surface area (TPSA) is 41.1 Å². The van der Waals surface area contributed by atoms with E-state index in [4.69, 9.17) is 0 Å². The van der Waals surface area contributed by atoms with Crippen LogP contribution in [0.4, 0.5) is 0 Å². The Morgan fingerprint density at radius 1 is 1.38 bits per heavy atom. The molecule has 84 valence electrons. The van der Waals surface area contributed by atoms with Crippen LogP contribution in [0.25, 0.3) is 0 Å². The zero-order valence-corrected chi connectivity index (χ0v) is 9.36. The average Bonchev–Trinajstić information content (AvgIpc) is 2.35. The molecule has 0 aliphatic rings. The monoisotopic (exact) mass is 216 g/mol. The molecule has 16 heavy (non-hydrogen) atoms. The summed E-state index contributed by atoms with van der Waals surface area (Å²) in [6.07, 6.45) is 1.31. The van der Waals surface area contributed by atoms with Gasteiger partial charge in [-0.3, -0.25) is 4.79 Å². The third-order valence-corrected chi connectivity index (χ3v) is 2.24. The Balaban J connectivity index is 2.92. The summed E-state index contributed by atoms with van der Waals surface area (Å²) in [7, 11) is 1.75. The number of carbonyl (C=O) groups is 1. The normalized spacial score (nSPS) is 11.3. The summed E-state index contributed by atoms with van der Waals surface area (Å²) in [6, 6.07) is 9.04. The van der Waals surface area contributed by atoms with Crippen molar-refractivity contribution in [2.24, 2.45) is 0 Å². The van der Waals surface area contributed by atoms with Crippen molar-refractivity contribution in [2.75, 3.05) is 7.05 Å². The summed E-state index contributed by atoms with van der Waals surface area (Å²) in [4.78, 5) is 11.7. The van der Waals surface area contributed by atoms with E-state index in [1.165, 1.54) is 6.08 Å². The first-order valence-corrected chi connectivity index (χ1v) is 5.03. The second-order valence-corrected chi connectivity index (χ2v) is 3.32. The van der Waals surface area contributed by atoms with E-state index in [0.29, 0.717) is 5.82 Å². The largest absolute Gasteiger partial charge is 0.375 e. The fraction of sp³-hybridized carbons (Fsp3) is 0.154. The van der Waals surface area contributed by atoms with E-state index in [2.05, 4.69) is 23.8 Å². The number of nitrogens with one attached hydrogen (secondary N) is 2. The summed E-state index contributed by atoms with van der Waals surface area (Å²) in [5, 5.41) is 5.86. The van der Waals surface area contributed by atoms with E-state index in [1.807, 2.05) is 30.3 Å². The molecule has 0 unspecified atom stereocenters. The molecule has 0 aliphatic heterocycles. The molecule has 0 radical (unpaired) electrons. The number of rotatable bonds is 6. The van der Waals surface area contributed by atoms with Crippen LogP contribution in [0.5, 0.6) is 0 Å². The molecule has 0 spiro atoms. The van der Waals surface area contributed by atoms with E-state index >= 15 is 0 Å². The predicted octanol–water partition coefficient (Wildman–Crippen LogP) is 1.76. The maximum Gasteiger partial charge on any atom is 0.181 e. The van der Waals surface area contributed by atoms with Gasteiger partial charge in [0.2, 0.25) is 0 Å². The molecule has 0 fully saturated rings. The average molecular weight is 216 g/mol. The Kier molecular flexibility index (Phi) is 4.33. The van der Waals surface area contributed by atoms with Crippen LogP contribution in [0.1, 0.15) is 11.6 Å². The molecule has 1 atom stereocenters. The first-order chi connectivity index (χ1) is 7.69. The van der Waals surface area contributed by atoms with E-state index < -0.39 is 6.04 Å². The molecule has 1 aromatic carbocycles.